The van der Waals surface area contributed by atoms with Crippen LogP contribution in [0.3, 0.4) is 0 Å². The monoisotopic (exact) mass is 420 g/mol. The molecule has 0 saturated carbocycles. The quantitative estimate of drug-likeness (QED) is 0.607. The molecular formula is C19H24N4O5S. The van der Waals surface area contributed by atoms with Crippen LogP contribution in [0.25, 0.3) is 0 Å². The average molecular weight is 420 g/mol. The molecule has 1 aliphatic heterocycles. The van der Waals surface area contributed by atoms with Gasteiger partial charge in [0, 0.05) is 19.2 Å². The van der Waals surface area contributed by atoms with Crippen LogP contribution in [-0.4, -0.2) is 29.9 Å². The summed E-state index contributed by atoms with van der Waals surface area (Å²) in [6.07, 6.45) is 4.75. The largest absolute Gasteiger partial charge is 0.368 e. The molecule has 156 valence electrons. The number of carbonyl (C=O) groups excluding carboxylic acids is 1. The lowest BCUT2D eigenvalue weighted by Gasteiger charge is -2.24. The Morgan fingerprint density at radius 3 is 2.62 bits per heavy atom. The summed E-state index contributed by atoms with van der Waals surface area (Å²) in [5.74, 6) is -0.811. The van der Waals surface area contributed by atoms with Crippen LogP contribution in [-0.2, 0) is 27.8 Å². The molecular weight excluding hydrogens is 396 g/mol. The number of sulfonamides is 1. The summed E-state index contributed by atoms with van der Waals surface area (Å²) in [5, 5.41) is 0. The number of benzene rings is 1. The van der Waals surface area contributed by atoms with Crippen LogP contribution >= 0.6 is 0 Å². The van der Waals surface area contributed by atoms with Gasteiger partial charge in [-0.2, -0.15) is 0 Å². The van der Waals surface area contributed by atoms with Crippen molar-refractivity contribution in [2.45, 2.75) is 56.5 Å². The van der Waals surface area contributed by atoms with Gasteiger partial charge in [-0.15, -0.1) is 0 Å². The first kappa shape index (κ1) is 20.8. The summed E-state index contributed by atoms with van der Waals surface area (Å²) < 4.78 is 28.8. The van der Waals surface area contributed by atoms with Crippen LogP contribution in [0.15, 0.2) is 44.9 Å². The topological polar surface area (TPSA) is 135 Å². The highest BCUT2D eigenvalue weighted by Crippen LogP contribution is 2.35. The summed E-state index contributed by atoms with van der Waals surface area (Å²) >= 11 is 0. The molecule has 0 spiro atoms. The Bertz CT molecular complexity index is 1140. The molecule has 0 unspecified atom stereocenters. The number of aromatic amines is 1. The summed E-state index contributed by atoms with van der Waals surface area (Å²) in [5.41, 5.74) is 4.70. The number of hydrogen-bond acceptors (Lipinski definition) is 5. The smallest absolute Gasteiger partial charge is 0.328 e. The second-order valence-electron chi connectivity index (χ2n) is 7.06. The van der Waals surface area contributed by atoms with Crippen molar-refractivity contribution >= 4 is 21.6 Å². The van der Waals surface area contributed by atoms with Crippen LogP contribution in [0.5, 0.6) is 0 Å². The number of anilines is 1. The number of aromatic nitrogens is 2. The van der Waals surface area contributed by atoms with E-state index in [4.69, 9.17) is 5.73 Å². The van der Waals surface area contributed by atoms with Gasteiger partial charge in [-0.3, -0.25) is 23.4 Å². The molecule has 29 heavy (non-hydrogen) atoms. The molecule has 2 heterocycles. The molecule has 0 radical (unpaired) electrons. The van der Waals surface area contributed by atoms with E-state index in [1.807, 2.05) is 0 Å². The van der Waals surface area contributed by atoms with E-state index in [1.165, 1.54) is 4.57 Å². The molecule has 1 atom stereocenters. The number of fused-ring (bicyclic) bond motifs is 1. The second-order valence-corrected chi connectivity index (χ2v) is 8.84. The predicted octanol–water partition coefficient (Wildman–Crippen LogP) is 0.722. The van der Waals surface area contributed by atoms with Gasteiger partial charge in [0.25, 0.3) is 15.6 Å². The molecule has 0 fully saturated rings. The maximum absolute atomic E-state index is 13.4. The van der Waals surface area contributed by atoms with E-state index in [-0.39, 0.29) is 13.0 Å². The molecule has 0 saturated heterocycles. The number of hydrogen-bond donors (Lipinski definition) is 2. The molecule has 1 aliphatic rings. The number of nitrogens with one attached hydrogen (secondary N) is 1. The minimum atomic E-state index is -4.42. The minimum absolute atomic E-state index is 0.124. The molecule has 0 aliphatic carbocycles. The number of para-hydroxylation sites is 1. The number of H-pyrrole nitrogens is 1. The lowest BCUT2D eigenvalue weighted by Crippen LogP contribution is -2.47. The molecule has 9 nitrogen and oxygen atoms in total. The van der Waals surface area contributed by atoms with Gasteiger partial charge in [0.15, 0.2) is 4.90 Å². The van der Waals surface area contributed by atoms with Gasteiger partial charge in [-0.1, -0.05) is 44.4 Å². The first-order chi connectivity index (χ1) is 13.8. The van der Waals surface area contributed by atoms with Crippen molar-refractivity contribution in [2.24, 2.45) is 5.73 Å². The second kappa shape index (κ2) is 8.24. The van der Waals surface area contributed by atoms with E-state index in [1.54, 1.807) is 24.3 Å². The zero-order valence-electron chi connectivity index (χ0n) is 16.1. The van der Waals surface area contributed by atoms with Crippen molar-refractivity contribution in [3.8, 4) is 0 Å². The van der Waals surface area contributed by atoms with Crippen LogP contribution in [0.4, 0.5) is 5.69 Å². The van der Waals surface area contributed by atoms with Gasteiger partial charge in [-0.05, 0) is 18.1 Å². The zero-order valence-corrected chi connectivity index (χ0v) is 16.9. The van der Waals surface area contributed by atoms with Crippen molar-refractivity contribution in [3.63, 3.8) is 0 Å². The highest BCUT2D eigenvalue weighted by molar-refractivity contribution is 7.93. The lowest BCUT2D eigenvalue weighted by atomic mass is 10.1. The number of carbonyl (C=O) groups is 1. The van der Waals surface area contributed by atoms with Gasteiger partial charge in [-0.25, -0.2) is 13.2 Å². The summed E-state index contributed by atoms with van der Waals surface area (Å²) in [6.45, 7) is 2.34. The average Bonchev–Trinajstić information content (AvgIpc) is 3.07. The summed E-state index contributed by atoms with van der Waals surface area (Å²) in [4.78, 5) is 37.9. The van der Waals surface area contributed by atoms with Gasteiger partial charge in [0.05, 0.1) is 5.69 Å². The van der Waals surface area contributed by atoms with Crippen molar-refractivity contribution in [3.05, 3.63) is 56.9 Å². The standard InChI is InChI=1S/C19H24N4O5S/c1-2-3-4-7-10-22-12-16(18(25)21-19(22)26)29(27,28)23-14-9-6-5-8-13(14)11-15(23)17(20)24/h5-6,8-9,12,15H,2-4,7,10-11H2,1H3,(H2,20,24)(H,21,25,26)/t15-/m0/s1. The number of nitrogens with two attached hydrogens (primary N) is 1. The fourth-order valence-electron chi connectivity index (χ4n) is 3.52. The fourth-order valence-corrected chi connectivity index (χ4v) is 5.23. The SMILES string of the molecule is CCCCCCn1cc(S(=O)(=O)N2c3ccccc3C[C@H]2C(N)=O)c(=O)[nH]c1=O. The molecule has 2 aromatic rings. The van der Waals surface area contributed by atoms with Crippen molar-refractivity contribution in [1.82, 2.24) is 9.55 Å². The third-order valence-corrected chi connectivity index (χ3v) is 6.84. The number of rotatable bonds is 8. The van der Waals surface area contributed by atoms with Gasteiger partial charge >= 0.3 is 5.69 Å². The first-order valence-electron chi connectivity index (χ1n) is 9.52. The minimum Gasteiger partial charge on any atom is -0.368 e. The van der Waals surface area contributed by atoms with E-state index in [0.717, 1.165) is 29.8 Å². The predicted molar refractivity (Wildman–Crippen MR) is 108 cm³/mol. The van der Waals surface area contributed by atoms with Crippen LogP contribution in [0, 0.1) is 0 Å². The summed E-state index contributed by atoms with van der Waals surface area (Å²) in [7, 11) is -4.42. The van der Waals surface area contributed by atoms with Crippen molar-refractivity contribution < 1.29 is 13.2 Å². The Morgan fingerprint density at radius 1 is 1.21 bits per heavy atom. The highest BCUT2D eigenvalue weighted by atomic mass is 32.2. The molecule has 10 heteroatoms. The first-order valence-corrected chi connectivity index (χ1v) is 11.0. The van der Waals surface area contributed by atoms with E-state index >= 15 is 0 Å². The maximum atomic E-state index is 13.4. The van der Waals surface area contributed by atoms with E-state index in [0.29, 0.717) is 17.7 Å². The molecule has 1 aromatic carbocycles. The number of primary amides is 1. The molecule has 1 amide bonds. The Kier molecular flexibility index (Phi) is 5.92. The third kappa shape index (κ3) is 3.98. The molecule has 3 rings (SSSR count). The van der Waals surface area contributed by atoms with Crippen molar-refractivity contribution in [2.75, 3.05) is 4.31 Å². The van der Waals surface area contributed by atoms with Crippen LogP contribution < -0.4 is 21.3 Å². The Labute approximate surface area is 168 Å². The van der Waals surface area contributed by atoms with Crippen molar-refractivity contribution in [1.29, 1.82) is 0 Å². The van der Waals surface area contributed by atoms with Crippen LogP contribution in [0.1, 0.15) is 38.2 Å². The Hall–Kier alpha value is -2.88. The highest BCUT2D eigenvalue weighted by Gasteiger charge is 2.42. The lowest BCUT2D eigenvalue weighted by molar-refractivity contribution is -0.118. The van der Waals surface area contributed by atoms with Gasteiger partial charge in [0.2, 0.25) is 5.91 Å². The molecule has 0 bridgehead atoms. The Morgan fingerprint density at radius 2 is 1.93 bits per heavy atom. The van der Waals surface area contributed by atoms with E-state index < -0.39 is 38.1 Å². The fraction of sp³-hybridized carbons (Fsp3) is 0.421. The number of aryl methyl sites for hydroxylation is 1. The molecule has 3 N–H and O–H groups in total. The Balaban J connectivity index is 2.05. The van der Waals surface area contributed by atoms with Gasteiger partial charge < -0.3 is 5.73 Å². The van der Waals surface area contributed by atoms with E-state index in [2.05, 4.69) is 11.9 Å². The summed E-state index contributed by atoms with van der Waals surface area (Å²) in [6, 6.07) is 5.51. The maximum Gasteiger partial charge on any atom is 0.328 e. The number of amides is 1. The molecule has 1 aromatic heterocycles. The normalized spacial score (nSPS) is 16.0. The van der Waals surface area contributed by atoms with Crippen LogP contribution in [0.2, 0.25) is 0 Å². The van der Waals surface area contributed by atoms with Gasteiger partial charge in [0.1, 0.15) is 6.04 Å². The number of nitrogens with zero attached hydrogens (tertiary/aromatic N) is 2. The van der Waals surface area contributed by atoms with E-state index in [9.17, 15) is 22.8 Å². The zero-order chi connectivity index (χ0) is 21.2. The number of unbranched alkanes of at least 4 members (excludes halogenated alkanes) is 3. The third-order valence-electron chi connectivity index (χ3n) is 5.02.